The predicted molar refractivity (Wildman–Crippen MR) is 105 cm³/mol. The van der Waals surface area contributed by atoms with Crippen LogP contribution in [0.1, 0.15) is 39.9 Å². The summed E-state index contributed by atoms with van der Waals surface area (Å²) in [4.78, 5) is 12.5. The lowest BCUT2D eigenvalue weighted by Gasteiger charge is -2.15. The summed E-state index contributed by atoms with van der Waals surface area (Å²) in [5.74, 6) is -0.450. The molecule has 142 valence electrons. The van der Waals surface area contributed by atoms with Gasteiger partial charge in [-0.2, -0.15) is 9.41 Å². The summed E-state index contributed by atoms with van der Waals surface area (Å²) >= 11 is 0. The molecule has 0 unspecified atom stereocenters. The number of hydrogen-bond acceptors (Lipinski definition) is 4. The van der Waals surface area contributed by atoms with E-state index in [1.807, 2.05) is 32.0 Å². The van der Waals surface area contributed by atoms with E-state index in [9.17, 15) is 13.2 Å². The quantitative estimate of drug-likeness (QED) is 0.635. The molecular weight excluding hydrogens is 362 g/mol. The summed E-state index contributed by atoms with van der Waals surface area (Å²) in [5, 5.41) is 3.99. The van der Waals surface area contributed by atoms with Crippen molar-refractivity contribution in [3.05, 3.63) is 64.7 Å². The van der Waals surface area contributed by atoms with Crippen LogP contribution in [0.15, 0.2) is 52.5 Å². The molecule has 1 aliphatic heterocycles. The van der Waals surface area contributed by atoms with Crippen molar-refractivity contribution in [2.75, 3.05) is 13.1 Å². The molecule has 0 aromatic heterocycles. The number of carbonyl (C=O) groups is 1. The van der Waals surface area contributed by atoms with Gasteiger partial charge in [0.25, 0.3) is 5.91 Å². The Morgan fingerprint density at radius 2 is 1.85 bits per heavy atom. The average molecular weight is 385 g/mol. The van der Waals surface area contributed by atoms with Gasteiger partial charge in [-0.3, -0.25) is 4.79 Å². The molecule has 1 amide bonds. The Balaban J connectivity index is 1.73. The highest BCUT2D eigenvalue weighted by Gasteiger charge is 2.27. The van der Waals surface area contributed by atoms with Crippen LogP contribution in [-0.4, -0.2) is 37.9 Å². The molecule has 2 aromatic carbocycles. The summed E-state index contributed by atoms with van der Waals surface area (Å²) in [6.45, 7) is 5.04. The number of nitrogens with one attached hydrogen (secondary N) is 1. The van der Waals surface area contributed by atoms with Gasteiger partial charge < -0.3 is 0 Å². The standard InChI is InChI=1S/C20H23N3O3S/c1-15-8-9-18(16(2)12-15)14-21-22-20(24)17-6-5-7-19(13-17)27(25,26)23-10-3-4-11-23/h5-9,12-14H,3-4,10-11H2,1-2H3,(H,22,24)/b21-14-. The fraction of sp³-hybridized carbons (Fsp3) is 0.300. The zero-order chi connectivity index (χ0) is 19.4. The highest BCUT2D eigenvalue weighted by atomic mass is 32.2. The van der Waals surface area contributed by atoms with Crippen LogP contribution in [0.2, 0.25) is 0 Å². The third-order valence-electron chi connectivity index (χ3n) is 4.59. The average Bonchev–Trinajstić information content (AvgIpc) is 3.19. The molecule has 1 aliphatic rings. The van der Waals surface area contributed by atoms with Crippen molar-refractivity contribution < 1.29 is 13.2 Å². The van der Waals surface area contributed by atoms with Crippen molar-refractivity contribution in [1.82, 2.24) is 9.73 Å². The van der Waals surface area contributed by atoms with E-state index in [0.717, 1.165) is 29.5 Å². The van der Waals surface area contributed by atoms with Crippen LogP contribution in [-0.2, 0) is 10.0 Å². The lowest BCUT2D eigenvalue weighted by molar-refractivity contribution is 0.0955. The number of nitrogens with zero attached hydrogens (tertiary/aromatic N) is 2. The molecule has 6 nitrogen and oxygen atoms in total. The monoisotopic (exact) mass is 385 g/mol. The Morgan fingerprint density at radius 1 is 1.11 bits per heavy atom. The molecule has 1 N–H and O–H groups in total. The second-order valence-corrected chi connectivity index (χ2v) is 8.64. The molecule has 3 rings (SSSR count). The van der Waals surface area contributed by atoms with Crippen LogP contribution in [0.4, 0.5) is 0 Å². The van der Waals surface area contributed by atoms with E-state index < -0.39 is 15.9 Å². The maximum atomic E-state index is 12.6. The fourth-order valence-corrected chi connectivity index (χ4v) is 4.63. The first kappa shape index (κ1) is 19.3. The lowest BCUT2D eigenvalue weighted by Crippen LogP contribution is -2.28. The molecular formula is C20H23N3O3S. The van der Waals surface area contributed by atoms with E-state index >= 15 is 0 Å². The molecule has 0 radical (unpaired) electrons. The molecule has 27 heavy (non-hydrogen) atoms. The van der Waals surface area contributed by atoms with Crippen molar-refractivity contribution >= 4 is 22.1 Å². The van der Waals surface area contributed by atoms with Crippen LogP contribution >= 0.6 is 0 Å². The third kappa shape index (κ3) is 4.43. The predicted octanol–water partition coefficient (Wildman–Crippen LogP) is 2.85. The van der Waals surface area contributed by atoms with Crippen molar-refractivity contribution in [2.45, 2.75) is 31.6 Å². The smallest absolute Gasteiger partial charge is 0.267 e. The van der Waals surface area contributed by atoms with Gasteiger partial charge in [0.1, 0.15) is 0 Å². The summed E-state index contributed by atoms with van der Waals surface area (Å²) < 4.78 is 26.7. The maximum Gasteiger partial charge on any atom is 0.271 e. The van der Waals surface area contributed by atoms with E-state index in [0.29, 0.717) is 13.1 Å². The Hall–Kier alpha value is -2.51. The molecule has 1 saturated heterocycles. The Morgan fingerprint density at radius 3 is 2.56 bits per heavy atom. The van der Waals surface area contributed by atoms with Crippen molar-refractivity contribution in [3.63, 3.8) is 0 Å². The van der Waals surface area contributed by atoms with Gasteiger partial charge in [-0.05, 0) is 56.0 Å². The highest BCUT2D eigenvalue weighted by molar-refractivity contribution is 7.89. The van der Waals surface area contributed by atoms with Crippen LogP contribution in [0.25, 0.3) is 0 Å². The number of hydrazone groups is 1. The van der Waals surface area contributed by atoms with Gasteiger partial charge in [0, 0.05) is 18.7 Å². The van der Waals surface area contributed by atoms with Gasteiger partial charge in [0.2, 0.25) is 10.0 Å². The summed E-state index contributed by atoms with van der Waals surface area (Å²) in [6.07, 6.45) is 3.32. The Bertz CT molecular complexity index is 978. The first-order chi connectivity index (χ1) is 12.9. The van der Waals surface area contributed by atoms with Gasteiger partial charge >= 0.3 is 0 Å². The molecule has 0 bridgehead atoms. The Labute approximate surface area is 159 Å². The number of hydrogen-bond donors (Lipinski definition) is 1. The van der Waals surface area contributed by atoms with Gasteiger partial charge in [-0.25, -0.2) is 13.8 Å². The maximum absolute atomic E-state index is 12.6. The van der Waals surface area contributed by atoms with E-state index in [2.05, 4.69) is 10.5 Å². The van der Waals surface area contributed by atoms with Crippen LogP contribution in [0.5, 0.6) is 0 Å². The summed E-state index contributed by atoms with van der Waals surface area (Å²) in [5.41, 5.74) is 5.84. The van der Waals surface area contributed by atoms with E-state index in [1.165, 1.54) is 16.4 Å². The largest absolute Gasteiger partial charge is 0.271 e. The second-order valence-electron chi connectivity index (χ2n) is 6.70. The van der Waals surface area contributed by atoms with Crippen LogP contribution in [0, 0.1) is 13.8 Å². The third-order valence-corrected chi connectivity index (χ3v) is 6.49. The molecule has 0 atom stereocenters. The van der Waals surface area contributed by atoms with E-state index in [1.54, 1.807) is 18.3 Å². The van der Waals surface area contributed by atoms with Gasteiger partial charge in [-0.15, -0.1) is 0 Å². The minimum absolute atomic E-state index is 0.135. The fourth-order valence-electron chi connectivity index (χ4n) is 3.07. The molecule has 2 aromatic rings. The topological polar surface area (TPSA) is 78.8 Å². The van der Waals surface area contributed by atoms with Gasteiger partial charge in [0.05, 0.1) is 11.1 Å². The van der Waals surface area contributed by atoms with Gasteiger partial charge in [-0.1, -0.05) is 29.8 Å². The number of benzene rings is 2. The number of aryl methyl sites for hydroxylation is 2. The van der Waals surface area contributed by atoms with Gasteiger partial charge in [0.15, 0.2) is 0 Å². The van der Waals surface area contributed by atoms with E-state index in [4.69, 9.17) is 0 Å². The number of amides is 1. The van der Waals surface area contributed by atoms with Crippen molar-refractivity contribution in [3.8, 4) is 0 Å². The SMILES string of the molecule is Cc1ccc(/C=N\NC(=O)c2cccc(S(=O)(=O)N3CCCC3)c2)c(C)c1. The molecule has 0 aliphatic carbocycles. The van der Waals surface area contributed by atoms with E-state index in [-0.39, 0.29) is 10.5 Å². The molecule has 7 heteroatoms. The van der Waals surface area contributed by atoms with Crippen molar-refractivity contribution in [2.24, 2.45) is 5.10 Å². The molecule has 0 spiro atoms. The number of sulfonamides is 1. The first-order valence-corrected chi connectivity index (χ1v) is 10.3. The van der Waals surface area contributed by atoms with Crippen molar-refractivity contribution in [1.29, 1.82) is 0 Å². The van der Waals surface area contributed by atoms with Crippen LogP contribution < -0.4 is 5.43 Å². The first-order valence-electron chi connectivity index (χ1n) is 8.89. The minimum atomic E-state index is -3.55. The second kappa shape index (κ2) is 8.02. The Kier molecular flexibility index (Phi) is 5.72. The molecule has 1 fully saturated rings. The number of rotatable bonds is 5. The zero-order valence-electron chi connectivity index (χ0n) is 15.5. The van der Waals surface area contributed by atoms with Crippen LogP contribution in [0.3, 0.4) is 0 Å². The highest BCUT2D eigenvalue weighted by Crippen LogP contribution is 2.21. The normalized spacial score (nSPS) is 15.3. The molecule has 0 saturated carbocycles. The summed E-state index contributed by atoms with van der Waals surface area (Å²) in [6, 6.07) is 12.0. The number of carbonyl (C=O) groups excluding carboxylic acids is 1. The summed E-state index contributed by atoms with van der Waals surface area (Å²) in [7, 11) is -3.55. The molecule has 1 heterocycles. The lowest BCUT2D eigenvalue weighted by atomic mass is 10.1. The zero-order valence-corrected chi connectivity index (χ0v) is 16.3. The minimum Gasteiger partial charge on any atom is -0.267 e.